The molecule has 0 amide bonds. The number of carbonyl (C=O) groups excluding carboxylic acids is 1. The Bertz CT molecular complexity index is 480. The maximum atomic E-state index is 11.7. The Labute approximate surface area is 117 Å². The Morgan fingerprint density at radius 3 is 2.80 bits per heavy atom. The van der Waals surface area contributed by atoms with Crippen molar-refractivity contribution in [3.63, 3.8) is 0 Å². The monoisotopic (exact) mass is 283 g/mol. The van der Waals surface area contributed by atoms with Crippen LogP contribution < -0.4 is 0 Å². The molecule has 7 heteroatoms. The third-order valence-electron chi connectivity index (χ3n) is 3.31. The van der Waals surface area contributed by atoms with Crippen LogP contribution in [-0.2, 0) is 21.5 Å². The number of hydrogen-bond donors (Lipinski definition) is 1. The lowest BCUT2D eigenvalue weighted by Gasteiger charge is -2.19. The van der Waals surface area contributed by atoms with Crippen LogP contribution in [0.25, 0.3) is 0 Å². The minimum atomic E-state index is -0.534. The number of aromatic nitrogens is 2. The third-order valence-corrected chi connectivity index (χ3v) is 3.31. The van der Waals surface area contributed by atoms with Gasteiger partial charge in [0.2, 0.25) is 5.89 Å². The average molecular weight is 283 g/mol. The summed E-state index contributed by atoms with van der Waals surface area (Å²) >= 11 is 0. The van der Waals surface area contributed by atoms with Crippen molar-refractivity contribution >= 4 is 5.97 Å². The second-order valence-corrected chi connectivity index (χ2v) is 6.12. The van der Waals surface area contributed by atoms with E-state index in [0.717, 1.165) is 0 Å². The topological polar surface area (TPSA) is 88.7 Å². The van der Waals surface area contributed by atoms with Crippen LogP contribution in [0.3, 0.4) is 0 Å². The number of likely N-dealkylation sites (tertiary alicyclic amines) is 1. The zero-order valence-corrected chi connectivity index (χ0v) is 12.3. The van der Waals surface area contributed by atoms with Gasteiger partial charge in [-0.05, 0) is 0 Å². The van der Waals surface area contributed by atoms with Crippen LogP contribution in [0.4, 0.5) is 0 Å². The molecule has 1 aromatic rings. The highest BCUT2D eigenvalue weighted by molar-refractivity contribution is 5.76. The Kier molecular flexibility index (Phi) is 4.10. The molecule has 2 heterocycles. The fraction of sp³-hybridized carbons (Fsp3) is 0.769. The lowest BCUT2D eigenvalue weighted by Crippen LogP contribution is -2.36. The molecule has 0 radical (unpaired) electrons. The van der Waals surface area contributed by atoms with E-state index in [1.807, 2.05) is 25.7 Å². The van der Waals surface area contributed by atoms with E-state index < -0.39 is 12.1 Å². The maximum absolute atomic E-state index is 11.7. The van der Waals surface area contributed by atoms with Crippen molar-refractivity contribution < 1.29 is 19.2 Å². The number of hydrogen-bond acceptors (Lipinski definition) is 7. The highest BCUT2D eigenvalue weighted by atomic mass is 16.5. The van der Waals surface area contributed by atoms with E-state index in [4.69, 9.17) is 9.26 Å². The molecule has 1 fully saturated rings. The van der Waals surface area contributed by atoms with Gasteiger partial charge in [0, 0.05) is 18.4 Å². The van der Waals surface area contributed by atoms with Crippen molar-refractivity contribution in [3.8, 4) is 0 Å². The summed E-state index contributed by atoms with van der Waals surface area (Å²) in [6, 6.07) is -0.452. The van der Waals surface area contributed by atoms with Crippen molar-refractivity contribution in [3.05, 3.63) is 11.7 Å². The molecule has 1 aliphatic heterocycles. The normalized spacial score (nSPS) is 24.1. The van der Waals surface area contributed by atoms with Gasteiger partial charge in [-0.1, -0.05) is 25.9 Å². The van der Waals surface area contributed by atoms with Gasteiger partial charge in [-0.2, -0.15) is 4.98 Å². The summed E-state index contributed by atoms with van der Waals surface area (Å²) in [5.74, 6) is 0.723. The number of esters is 1. The first kappa shape index (κ1) is 14.9. The van der Waals surface area contributed by atoms with Gasteiger partial charge < -0.3 is 14.4 Å². The average Bonchev–Trinajstić information content (AvgIpc) is 2.95. The quantitative estimate of drug-likeness (QED) is 0.807. The van der Waals surface area contributed by atoms with Crippen molar-refractivity contribution in [1.82, 2.24) is 15.0 Å². The Morgan fingerprint density at radius 1 is 1.55 bits per heavy atom. The van der Waals surface area contributed by atoms with Crippen LogP contribution in [-0.4, -0.2) is 51.9 Å². The minimum Gasteiger partial charge on any atom is -0.468 e. The van der Waals surface area contributed by atoms with Crippen molar-refractivity contribution in [2.24, 2.45) is 0 Å². The number of aliphatic hydroxyl groups is 1. The van der Waals surface area contributed by atoms with E-state index in [2.05, 4.69) is 10.1 Å². The Balaban J connectivity index is 2.08. The maximum Gasteiger partial charge on any atom is 0.323 e. The molecule has 7 nitrogen and oxygen atoms in total. The first-order valence-corrected chi connectivity index (χ1v) is 6.64. The fourth-order valence-corrected chi connectivity index (χ4v) is 2.24. The van der Waals surface area contributed by atoms with Gasteiger partial charge in [0.25, 0.3) is 0 Å². The van der Waals surface area contributed by atoms with E-state index in [0.29, 0.717) is 31.2 Å². The highest BCUT2D eigenvalue weighted by Crippen LogP contribution is 2.23. The van der Waals surface area contributed by atoms with E-state index in [-0.39, 0.29) is 11.4 Å². The van der Waals surface area contributed by atoms with Crippen LogP contribution in [0.15, 0.2) is 4.52 Å². The lowest BCUT2D eigenvalue weighted by atomic mass is 9.97. The van der Waals surface area contributed by atoms with Crippen molar-refractivity contribution in [2.75, 3.05) is 13.7 Å². The van der Waals surface area contributed by atoms with E-state index in [1.165, 1.54) is 7.11 Å². The van der Waals surface area contributed by atoms with Gasteiger partial charge in [-0.15, -0.1) is 0 Å². The predicted molar refractivity (Wildman–Crippen MR) is 69.8 cm³/mol. The molecule has 1 aliphatic rings. The van der Waals surface area contributed by atoms with Gasteiger partial charge in [0.15, 0.2) is 5.82 Å². The molecule has 0 saturated carbocycles. The fourth-order valence-electron chi connectivity index (χ4n) is 2.24. The lowest BCUT2D eigenvalue weighted by molar-refractivity contribution is -0.146. The summed E-state index contributed by atoms with van der Waals surface area (Å²) in [5, 5.41) is 13.6. The molecule has 0 bridgehead atoms. The second kappa shape index (κ2) is 5.49. The first-order chi connectivity index (χ1) is 9.31. The number of methoxy groups -OCH3 is 1. The molecule has 2 unspecified atom stereocenters. The Hall–Kier alpha value is -1.47. The van der Waals surface area contributed by atoms with E-state index >= 15 is 0 Å². The third kappa shape index (κ3) is 3.16. The SMILES string of the molecule is COC(=O)C1CC(O)CN1Cc1noc(C(C)(C)C)n1. The highest BCUT2D eigenvalue weighted by Gasteiger charge is 2.37. The summed E-state index contributed by atoms with van der Waals surface area (Å²) in [6.45, 7) is 6.72. The Morgan fingerprint density at radius 2 is 2.25 bits per heavy atom. The minimum absolute atomic E-state index is 0.211. The van der Waals surface area contributed by atoms with Gasteiger partial charge in [-0.25, -0.2) is 0 Å². The number of nitrogens with zero attached hydrogens (tertiary/aromatic N) is 3. The standard InChI is InChI=1S/C13H21N3O4/c1-13(2,3)12-14-10(15-20-12)7-16-6-8(17)5-9(16)11(18)19-4/h8-9,17H,5-7H2,1-4H3. The van der Waals surface area contributed by atoms with Crippen LogP contribution in [0.2, 0.25) is 0 Å². The zero-order chi connectivity index (χ0) is 14.9. The molecule has 0 aromatic carbocycles. The molecular weight excluding hydrogens is 262 g/mol. The summed E-state index contributed by atoms with van der Waals surface area (Å²) < 4.78 is 9.98. The molecule has 0 aliphatic carbocycles. The van der Waals surface area contributed by atoms with E-state index in [1.54, 1.807) is 0 Å². The smallest absolute Gasteiger partial charge is 0.323 e. The van der Waals surface area contributed by atoms with Gasteiger partial charge in [-0.3, -0.25) is 9.69 Å². The predicted octanol–water partition coefficient (Wildman–Crippen LogP) is 0.475. The summed E-state index contributed by atoms with van der Waals surface area (Å²) in [7, 11) is 1.34. The van der Waals surface area contributed by atoms with E-state index in [9.17, 15) is 9.90 Å². The number of carbonyl (C=O) groups is 1. The van der Waals surface area contributed by atoms with Crippen LogP contribution in [0, 0.1) is 0 Å². The number of aliphatic hydroxyl groups excluding tert-OH is 1. The second-order valence-electron chi connectivity index (χ2n) is 6.12. The molecule has 112 valence electrons. The molecule has 2 rings (SSSR count). The molecule has 1 aromatic heterocycles. The molecule has 0 spiro atoms. The number of ether oxygens (including phenoxy) is 1. The van der Waals surface area contributed by atoms with Crippen LogP contribution >= 0.6 is 0 Å². The summed E-state index contributed by atoms with van der Waals surface area (Å²) in [4.78, 5) is 17.8. The van der Waals surface area contributed by atoms with Gasteiger partial charge in [0.1, 0.15) is 6.04 Å². The largest absolute Gasteiger partial charge is 0.468 e. The van der Waals surface area contributed by atoms with Crippen LogP contribution in [0.5, 0.6) is 0 Å². The van der Waals surface area contributed by atoms with Crippen LogP contribution in [0.1, 0.15) is 38.9 Å². The molecule has 1 N–H and O–H groups in total. The van der Waals surface area contributed by atoms with Gasteiger partial charge in [0.05, 0.1) is 19.8 Å². The number of rotatable bonds is 3. The number of β-amino-alcohol motifs (C(OH)–C–C–N with tert-alkyl or cyclic N) is 1. The molecule has 1 saturated heterocycles. The summed E-state index contributed by atoms with van der Waals surface area (Å²) in [5.41, 5.74) is -0.211. The summed E-state index contributed by atoms with van der Waals surface area (Å²) in [6.07, 6.45) is -0.162. The molecule has 20 heavy (non-hydrogen) atoms. The first-order valence-electron chi connectivity index (χ1n) is 6.64. The van der Waals surface area contributed by atoms with Crippen molar-refractivity contribution in [2.45, 2.75) is 51.3 Å². The zero-order valence-electron chi connectivity index (χ0n) is 12.3. The molecule has 2 atom stereocenters. The molecular formula is C13H21N3O4. The van der Waals surface area contributed by atoms with Gasteiger partial charge >= 0.3 is 5.97 Å². The van der Waals surface area contributed by atoms with Crippen molar-refractivity contribution in [1.29, 1.82) is 0 Å².